The zero-order valence-electron chi connectivity index (χ0n) is 14.3. The molecule has 2 rings (SSSR count). The first-order valence-corrected chi connectivity index (χ1v) is 8.39. The molecule has 0 radical (unpaired) electrons. The number of carbonyl (C=O) groups is 2. The summed E-state index contributed by atoms with van der Waals surface area (Å²) < 4.78 is 26.2. The van der Waals surface area contributed by atoms with Crippen molar-refractivity contribution in [2.24, 2.45) is 0 Å². The summed E-state index contributed by atoms with van der Waals surface area (Å²) in [6.07, 6.45) is 1.59. The molecule has 1 aromatic carbocycles. The standard InChI is InChI=1S/C17H24F2N4O2/c1-12(24)20-6-7-21-17(25)22-14-4-8-23(9-5-14)11-13-2-3-15(18)16(19)10-13/h2-3,10,14H,4-9,11H2,1H3,(H,20,24)(H2,21,22,25). The molecule has 1 saturated heterocycles. The fourth-order valence-corrected chi connectivity index (χ4v) is 2.78. The lowest BCUT2D eigenvalue weighted by Gasteiger charge is -2.32. The predicted molar refractivity (Wildman–Crippen MR) is 89.9 cm³/mol. The first-order chi connectivity index (χ1) is 11.9. The van der Waals surface area contributed by atoms with Gasteiger partial charge in [0.1, 0.15) is 0 Å². The van der Waals surface area contributed by atoms with Crippen LogP contribution in [0.25, 0.3) is 0 Å². The highest BCUT2D eigenvalue weighted by atomic mass is 19.2. The second-order valence-electron chi connectivity index (χ2n) is 6.18. The Morgan fingerprint density at radius 2 is 1.80 bits per heavy atom. The number of nitrogens with one attached hydrogen (secondary N) is 3. The molecule has 0 unspecified atom stereocenters. The quantitative estimate of drug-likeness (QED) is 0.676. The average molecular weight is 354 g/mol. The number of rotatable bonds is 6. The van der Waals surface area contributed by atoms with Crippen molar-refractivity contribution in [1.29, 1.82) is 0 Å². The molecule has 1 fully saturated rings. The molecule has 8 heteroatoms. The van der Waals surface area contributed by atoms with Gasteiger partial charge in [0.05, 0.1) is 0 Å². The largest absolute Gasteiger partial charge is 0.355 e. The molecule has 0 aromatic heterocycles. The smallest absolute Gasteiger partial charge is 0.315 e. The Morgan fingerprint density at radius 1 is 1.12 bits per heavy atom. The molecule has 138 valence electrons. The zero-order chi connectivity index (χ0) is 18.2. The van der Waals surface area contributed by atoms with E-state index in [1.165, 1.54) is 13.0 Å². The van der Waals surface area contributed by atoms with E-state index in [2.05, 4.69) is 20.9 Å². The van der Waals surface area contributed by atoms with Crippen molar-refractivity contribution in [1.82, 2.24) is 20.9 Å². The molecule has 0 bridgehead atoms. The van der Waals surface area contributed by atoms with Crippen molar-refractivity contribution < 1.29 is 18.4 Å². The maximum absolute atomic E-state index is 13.2. The van der Waals surface area contributed by atoms with Gasteiger partial charge in [0.2, 0.25) is 5.91 Å². The van der Waals surface area contributed by atoms with E-state index in [9.17, 15) is 18.4 Å². The number of piperidine rings is 1. The van der Waals surface area contributed by atoms with Gasteiger partial charge in [-0.25, -0.2) is 13.6 Å². The Kier molecular flexibility index (Phi) is 7.12. The molecule has 3 N–H and O–H groups in total. The van der Waals surface area contributed by atoms with Crippen LogP contribution in [0.4, 0.5) is 13.6 Å². The Balaban J connectivity index is 1.66. The monoisotopic (exact) mass is 354 g/mol. The first kappa shape index (κ1) is 19.1. The van der Waals surface area contributed by atoms with Crippen molar-refractivity contribution in [2.75, 3.05) is 26.2 Å². The highest BCUT2D eigenvalue weighted by Crippen LogP contribution is 2.15. The lowest BCUT2D eigenvalue weighted by atomic mass is 10.0. The SMILES string of the molecule is CC(=O)NCCNC(=O)NC1CCN(Cc2ccc(F)c(F)c2)CC1. The van der Waals surface area contributed by atoms with Gasteiger partial charge < -0.3 is 16.0 Å². The summed E-state index contributed by atoms with van der Waals surface area (Å²) in [5.74, 6) is -1.79. The van der Waals surface area contributed by atoms with Crippen LogP contribution in [0.15, 0.2) is 18.2 Å². The predicted octanol–water partition coefficient (Wildman–Crippen LogP) is 1.36. The number of nitrogens with zero attached hydrogens (tertiary/aromatic N) is 1. The van der Waals surface area contributed by atoms with Crippen LogP contribution >= 0.6 is 0 Å². The zero-order valence-corrected chi connectivity index (χ0v) is 14.3. The van der Waals surface area contributed by atoms with Gasteiger partial charge in [-0.15, -0.1) is 0 Å². The Bertz CT molecular complexity index is 604. The summed E-state index contributed by atoms with van der Waals surface area (Å²) in [6, 6.07) is 3.80. The van der Waals surface area contributed by atoms with Gasteiger partial charge in [-0.1, -0.05) is 6.07 Å². The molecular weight excluding hydrogens is 330 g/mol. The Hall–Kier alpha value is -2.22. The number of urea groups is 1. The van der Waals surface area contributed by atoms with Crippen LogP contribution in [0, 0.1) is 11.6 Å². The van der Waals surface area contributed by atoms with E-state index in [-0.39, 0.29) is 18.0 Å². The molecule has 0 saturated carbocycles. The van der Waals surface area contributed by atoms with Crippen LogP contribution in [0.5, 0.6) is 0 Å². The molecule has 1 aromatic rings. The minimum absolute atomic E-state index is 0.0852. The fourth-order valence-electron chi connectivity index (χ4n) is 2.78. The van der Waals surface area contributed by atoms with Crippen molar-refractivity contribution in [3.05, 3.63) is 35.4 Å². The van der Waals surface area contributed by atoms with E-state index in [0.717, 1.165) is 37.6 Å². The first-order valence-electron chi connectivity index (χ1n) is 8.39. The molecule has 0 spiro atoms. The van der Waals surface area contributed by atoms with Crippen molar-refractivity contribution in [3.63, 3.8) is 0 Å². The average Bonchev–Trinajstić information content (AvgIpc) is 2.57. The minimum atomic E-state index is -0.837. The Morgan fingerprint density at radius 3 is 2.44 bits per heavy atom. The van der Waals surface area contributed by atoms with Crippen LogP contribution < -0.4 is 16.0 Å². The number of benzene rings is 1. The summed E-state index contributed by atoms with van der Waals surface area (Å²) in [4.78, 5) is 24.6. The van der Waals surface area contributed by atoms with Crippen LogP contribution in [-0.2, 0) is 11.3 Å². The van der Waals surface area contributed by atoms with Crippen LogP contribution in [0.2, 0.25) is 0 Å². The third kappa shape index (κ3) is 6.66. The van der Waals surface area contributed by atoms with Gasteiger partial charge in [0, 0.05) is 45.7 Å². The van der Waals surface area contributed by atoms with Gasteiger partial charge in [-0.2, -0.15) is 0 Å². The van der Waals surface area contributed by atoms with E-state index in [1.54, 1.807) is 6.07 Å². The second-order valence-corrected chi connectivity index (χ2v) is 6.18. The number of amides is 3. The number of hydrogen-bond acceptors (Lipinski definition) is 3. The van der Waals surface area contributed by atoms with E-state index < -0.39 is 11.6 Å². The van der Waals surface area contributed by atoms with Gasteiger partial charge in [-0.3, -0.25) is 9.69 Å². The van der Waals surface area contributed by atoms with Crippen molar-refractivity contribution >= 4 is 11.9 Å². The van der Waals surface area contributed by atoms with Crippen LogP contribution in [0.1, 0.15) is 25.3 Å². The third-order valence-corrected chi connectivity index (χ3v) is 4.10. The number of likely N-dealkylation sites (tertiary alicyclic amines) is 1. The highest BCUT2D eigenvalue weighted by molar-refractivity contribution is 5.74. The lowest BCUT2D eigenvalue weighted by Crippen LogP contribution is -2.48. The van der Waals surface area contributed by atoms with E-state index in [1.807, 2.05) is 0 Å². The molecule has 25 heavy (non-hydrogen) atoms. The number of hydrogen-bond donors (Lipinski definition) is 3. The topological polar surface area (TPSA) is 73.5 Å². The van der Waals surface area contributed by atoms with Crippen LogP contribution in [0.3, 0.4) is 0 Å². The second kappa shape index (κ2) is 9.31. The van der Waals surface area contributed by atoms with E-state index in [4.69, 9.17) is 0 Å². The molecule has 6 nitrogen and oxygen atoms in total. The molecule has 1 heterocycles. The maximum atomic E-state index is 13.2. The number of halogens is 2. The number of carbonyl (C=O) groups excluding carboxylic acids is 2. The maximum Gasteiger partial charge on any atom is 0.315 e. The summed E-state index contributed by atoms with van der Waals surface area (Å²) in [6.45, 7) is 4.31. The molecule has 1 aliphatic heterocycles. The van der Waals surface area contributed by atoms with E-state index >= 15 is 0 Å². The van der Waals surface area contributed by atoms with Crippen molar-refractivity contribution in [3.8, 4) is 0 Å². The molecular formula is C17H24F2N4O2. The molecule has 1 aliphatic rings. The summed E-state index contributed by atoms with van der Waals surface area (Å²) >= 11 is 0. The van der Waals surface area contributed by atoms with Crippen LogP contribution in [-0.4, -0.2) is 49.1 Å². The Labute approximate surface area is 146 Å². The summed E-state index contributed by atoms with van der Waals surface area (Å²) in [7, 11) is 0. The van der Waals surface area contributed by atoms with E-state index in [0.29, 0.717) is 19.6 Å². The third-order valence-electron chi connectivity index (χ3n) is 4.10. The summed E-state index contributed by atoms with van der Waals surface area (Å²) in [5.41, 5.74) is 0.737. The van der Waals surface area contributed by atoms with Gasteiger partial charge in [0.15, 0.2) is 11.6 Å². The van der Waals surface area contributed by atoms with Gasteiger partial charge in [0.25, 0.3) is 0 Å². The van der Waals surface area contributed by atoms with Crippen molar-refractivity contribution in [2.45, 2.75) is 32.4 Å². The summed E-state index contributed by atoms with van der Waals surface area (Å²) in [5, 5.41) is 8.20. The highest BCUT2D eigenvalue weighted by Gasteiger charge is 2.20. The van der Waals surface area contributed by atoms with Gasteiger partial charge in [-0.05, 0) is 30.5 Å². The molecule has 0 aliphatic carbocycles. The fraction of sp³-hybridized carbons (Fsp3) is 0.529. The molecule has 3 amide bonds. The molecule has 0 atom stereocenters. The minimum Gasteiger partial charge on any atom is -0.355 e. The van der Waals surface area contributed by atoms with Gasteiger partial charge >= 0.3 is 6.03 Å². The normalized spacial score (nSPS) is 15.6. The lowest BCUT2D eigenvalue weighted by molar-refractivity contribution is -0.118.